The van der Waals surface area contributed by atoms with E-state index in [4.69, 9.17) is 4.74 Å². The summed E-state index contributed by atoms with van der Waals surface area (Å²) >= 11 is 0. The standard InChI is InChI=1S/C22H21N5O3/c1-22(2)18-6-4-5-7-19(18)26(3)20(22)12-17(28)13-30-21(29)15-8-10-16(11-9-15)27-14-23-24-25-27/h4-12,14H,13H2,1-3H3. The van der Waals surface area contributed by atoms with Gasteiger partial charge in [0.2, 0.25) is 0 Å². The summed E-state index contributed by atoms with van der Waals surface area (Å²) in [7, 11) is 1.94. The molecule has 0 unspecified atom stereocenters. The van der Waals surface area contributed by atoms with Crippen LogP contribution in [-0.2, 0) is 14.9 Å². The van der Waals surface area contributed by atoms with Crippen LogP contribution in [-0.4, -0.2) is 45.6 Å². The summed E-state index contributed by atoms with van der Waals surface area (Å²) in [4.78, 5) is 26.8. The number of tetrazole rings is 1. The van der Waals surface area contributed by atoms with Crippen molar-refractivity contribution in [3.05, 3.63) is 77.8 Å². The van der Waals surface area contributed by atoms with Crippen LogP contribution in [0.1, 0.15) is 29.8 Å². The molecule has 0 N–H and O–H groups in total. The van der Waals surface area contributed by atoms with Crippen LogP contribution in [0.25, 0.3) is 5.69 Å². The third kappa shape index (κ3) is 3.47. The number of esters is 1. The highest BCUT2D eigenvalue weighted by Crippen LogP contribution is 2.46. The second-order valence-corrected chi connectivity index (χ2v) is 7.57. The SMILES string of the molecule is CN1C(=CC(=O)COC(=O)c2ccc(-n3cnnn3)cc2)C(C)(C)c2ccccc21. The van der Waals surface area contributed by atoms with E-state index in [2.05, 4.69) is 35.4 Å². The van der Waals surface area contributed by atoms with E-state index >= 15 is 0 Å². The lowest BCUT2D eigenvalue weighted by Gasteiger charge is -2.23. The molecule has 8 nitrogen and oxygen atoms in total. The Morgan fingerprint density at radius 2 is 1.83 bits per heavy atom. The molecule has 0 saturated carbocycles. The van der Waals surface area contributed by atoms with Gasteiger partial charge in [0.15, 0.2) is 12.4 Å². The number of aromatic nitrogens is 4. The molecule has 0 atom stereocenters. The number of nitrogens with zero attached hydrogens (tertiary/aromatic N) is 5. The fraction of sp³-hybridized carbons (Fsp3) is 0.227. The normalized spacial score (nSPS) is 15.8. The van der Waals surface area contributed by atoms with E-state index in [-0.39, 0.29) is 17.8 Å². The molecule has 0 fully saturated rings. The van der Waals surface area contributed by atoms with Gasteiger partial charge in [-0.15, -0.1) is 5.10 Å². The quantitative estimate of drug-likeness (QED) is 0.478. The molecule has 0 radical (unpaired) electrons. The number of benzene rings is 2. The van der Waals surface area contributed by atoms with Crippen LogP contribution < -0.4 is 4.90 Å². The van der Waals surface area contributed by atoms with Crippen molar-refractivity contribution < 1.29 is 14.3 Å². The Morgan fingerprint density at radius 3 is 2.50 bits per heavy atom. The molecule has 30 heavy (non-hydrogen) atoms. The lowest BCUT2D eigenvalue weighted by Crippen LogP contribution is -2.25. The number of fused-ring (bicyclic) bond motifs is 1. The fourth-order valence-electron chi connectivity index (χ4n) is 3.70. The van der Waals surface area contributed by atoms with Gasteiger partial charge in [0.25, 0.3) is 0 Å². The molecule has 152 valence electrons. The Balaban J connectivity index is 1.42. The number of ketones is 1. The van der Waals surface area contributed by atoms with Crippen molar-refractivity contribution >= 4 is 17.4 Å². The van der Waals surface area contributed by atoms with Gasteiger partial charge in [0, 0.05) is 29.9 Å². The highest BCUT2D eigenvalue weighted by molar-refractivity contribution is 5.96. The maximum atomic E-state index is 12.5. The van der Waals surface area contributed by atoms with Gasteiger partial charge in [-0.05, 0) is 46.3 Å². The topological polar surface area (TPSA) is 90.2 Å². The molecule has 2 heterocycles. The third-order valence-corrected chi connectivity index (χ3v) is 5.30. The lowest BCUT2D eigenvalue weighted by atomic mass is 9.83. The highest BCUT2D eigenvalue weighted by Gasteiger charge is 2.38. The van der Waals surface area contributed by atoms with Crippen LogP contribution in [0.15, 0.2) is 66.6 Å². The monoisotopic (exact) mass is 403 g/mol. The van der Waals surface area contributed by atoms with Crippen molar-refractivity contribution in [1.29, 1.82) is 0 Å². The van der Waals surface area contributed by atoms with Crippen molar-refractivity contribution in [3.8, 4) is 5.69 Å². The summed E-state index contributed by atoms with van der Waals surface area (Å²) in [5, 5.41) is 10.9. The molecular formula is C22H21N5O3. The van der Waals surface area contributed by atoms with Gasteiger partial charge in [-0.3, -0.25) is 4.79 Å². The zero-order valence-corrected chi connectivity index (χ0v) is 16.9. The van der Waals surface area contributed by atoms with Crippen LogP contribution in [0, 0.1) is 0 Å². The van der Waals surface area contributed by atoms with Gasteiger partial charge in [-0.2, -0.15) is 0 Å². The van der Waals surface area contributed by atoms with E-state index in [0.29, 0.717) is 11.3 Å². The minimum atomic E-state index is -0.563. The smallest absolute Gasteiger partial charge is 0.338 e. The van der Waals surface area contributed by atoms with Crippen molar-refractivity contribution in [3.63, 3.8) is 0 Å². The molecule has 8 heteroatoms. The Bertz CT molecular complexity index is 1120. The molecule has 0 spiro atoms. The van der Waals surface area contributed by atoms with E-state index < -0.39 is 5.97 Å². The number of ether oxygens (including phenoxy) is 1. The van der Waals surface area contributed by atoms with Gasteiger partial charge in [-0.1, -0.05) is 32.0 Å². The number of anilines is 1. The summed E-state index contributed by atoms with van der Waals surface area (Å²) in [6.07, 6.45) is 3.02. The van der Waals surface area contributed by atoms with E-state index in [0.717, 1.165) is 16.9 Å². The number of para-hydroxylation sites is 1. The number of rotatable bonds is 5. The Hall–Kier alpha value is -3.81. The molecule has 2 aromatic carbocycles. The first-order chi connectivity index (χ1) is 14.4. The molecule has 1 aliphatic rings. The van der Waals surface area contributed by atoms with Gasteiger partial charge in [0.05, 0.1) is 11.3 Å². The Morgan fingerprint density at radius 1 is 1.10 bits per heavy atom. The van der Waals surface area contributed by atoms with Crippen LogP contribution in [0.5, 0.6) is 0 Å². The molecular weight excluding hydrogens is 382 g/mol. The Kier molecular flexibility index (Phi) is 4.91. The van der Waals surface area contributed by atoms with Gasteiger partial charge in [0.1, 0.15) is 6.33 Å². The largest absolute Gasteiger partial charge is 0.454 e. The number of carbonyl (C=O) groups is 2. The van der Waals surface area contributed by atoms with Crippen LogP contribution >= 0.6 is 0 Å². The zero-order valence-electron chi connectivity index (χ0n) is 16.9. The number of hydrogen-bond acceptors (Lipinski definition) is 7. The van der Waals surface area contributed by atoms with Crippen molar-refractivity contribution in [2.75, 3.05) is 18.6 Å². The Labute approximate surface area is 173 Å². The number of carbonyl (C=O) groups excluding carboxylic acids is 2. The van der Waals surface area contributed by atoms with E-state index in [9.17, 15) is 9.59 Å². The molecule has 4 rings (SSSR count). The first-order valence-electron chi connectivity index (χ1n) is 9.47. The summed E-state index contributed by atoms with van der Waals surface area (Å²) < 4.78 is 6.69. The fourth-order valence-corrected chi connectivity index (χ4v) is 3.70. The average Bonchev–Trinajstić information content (AvgIpc) is 3.35. The molecule has 3 aromatic rings. The number of hydrogen-bond donors (Lipinski definition) is 0. The molecule has 0 saturated heterocycles. The van der Waals surface area contributed by atoms with Crippen LogP contribution in [0.4, 0.5) is 5.69 Å². The van der Waals surface area contributed by atoms with Gasteiger partial charge < -0.3 is 9.64 Å². The van der Waals surface area contributed by atoms with E-state index in [1.54, 1.807) is 30.3 Å². The third-order valence-electron chi connectivity index (χ3n) is 5.30. The molecule has 0 bridgehead atoms. The highest BCUT2D eigenvalue weighted by atomic mass is 16.5. The maximum Gasteiger partial charge on any atom is 0.338 e. The predicted molar refractivity (Wildman–Crippen MR) is 110 cm³/mol. The van der Waals surface area contributed by atoms with E-state index in [1.165, 1.54) is 11.0 Å². The summed E-state index contributed by atoms with van der Waals surface area (Å²) in [6.45, 7) is 3.83. The molecule has 0 amide bonds. The summed E-state index contributed by atoms with van der Waals surface area (Å²) in [5.41, 5.74) is 3.85. The lowest BCUT2D eigenvalue weighted by molar-refractivity contribution is -0.117. The van der Waals surface area contributed by atoms with Crippen molar-refractivity contribution in [1.82, 2.24) is 20.2 Å². The molecule has 1 aliphatic heterocycles. The first-order valence-corrected chi connectivity index (χ1v) is 9.47. The average molecular weight is 403 g/mol. The second kappa shape index (κ2) is 7.55. The molecule has 0 aliphatic carbocycles. The van der Waals surface area contributed by atoms with Crippen LogP contribution in [0.2, 0.25) is 0 Å². The predicted octanol–water partition coefficient (Wildman–Crippen LogP) is 2.70. The van der Waals surface area contributed by atoms with Gasteiger partial charge >= 0.3 is 5.97 Å². The number of likely N-dealkylation sites (N-methyl/N-ethyl adjacent to an activating group) is 1. The zero-order chi connectivity index (χ0) is 21.3. The summed E-state index contributed by atoms with van der Waals surface area (Å²) in [5.74, 6) is -0.830. The summed E-state index contributed by atoms with van der Waals surface area (Å²) in [6, 6.07) is 14.7. The van der Waals surface area contributed by atoms with Gasteiger partial charge in [-0.25, -0.2) is 9.48 Å². The second-order valence-electron chi connectivity index (χ2n) is 7.57. The minimum Gasteiger partial charge on any atom is -0.454 e. The maximum absolute atomic E-state index is 12.5. The minimum absolute atomic E-state index is 0.267. The van der Waals surface area contributed by atoms with Crippen LogP contribution in [0.3, 0.4) is 0 Å². The van der Waals surface area contributed by atoms with Crippen molar-refractivity contribution in [2.45, 2.75) is 19.3 Å². The molecule has 1 aromatic heterocycles. The van der Waals surface area contributed by atoms with E-state index in [1.807, 2.05) is 30.1 Å². The first kappa shape index (κ1) is 19.5. The van der Waals surface area contributed by atoms with Crippen molar-refractivity contribution in [2.24, 2.45) is 0 Å². The number of allylic oxidation sites excluding steroid dienone is 1.